The minimum atomic E-state index is -0.406. The van der Waals surface area contributed by atoms with Gasteiger partial charge in [0, 0.05) is 25.2 Å². The number of rotatable bonds is 2. The van der Waals surface area contributed by atoms with Crippen LogP contribution >= 0.6 is 0 Å². The van der Waals surface area contributed by atoms with Crippen molar-refractivity contribution in [1.29, 1.82) is 0 Å². The summed E-state index contributed by atoms with van der Waals surface area (Å²) in [6, 6.07) is 6.75. The average Bonchev–Trinajstić information content (AvgIpc) is 3.09. The number of likely N-dealkylation sites (tertiary alicyclic amines) is 1. The highest BCUT2D eigenvalue weighted by molar-refractivity contribution is 6.29. The van der Waals surface area contributed by atoms with Gasteiger partial charge in [-0.2, -0.15) is 0 Å². The first-order chi connectivity index (χ1) is 9.68. The second-order valence-corrected chi connectivity index (χ2v) is 4.86. The van der Waals surface area contributed by atoms with Crippen molar-refractivity contribution in [2.24, 2.45) is 0 Å². The summed E-state index contributed by atoms with van der Waals surface area (Å²) in [5.41, 5.74) is 0.768. The van der Waals surface area contributed by atoms with E-state index in [0.29, 0.717) is 11.3 Å². The van der Waals surface area contributed by atoms with Crippen molar-refractivity contribution in [3.8, 4) is 0 Å². The molecule has 0 atom stereocenters. The number of hydrogen-bond acceptors (Lipinski definition) is 3. The molecule has 5 nitrogen and oxygen atoms in total. The molecular formula is C15H14N2O3. The fourth-order valence-corrected chi connectivity index (χ4v) is 2.58. The first-order valence-electron chi connectivity index (χ1n) is 6.63. The Morgan fingerprint density at radius 2 is 1.55 bits per heavy atom. The van der Waals surface area contributed by atoms with Crippen molar-refractivity contribution >= 4 is 23.4 Å². The smallest absolute Gasteiger partial charge is 0.258 e. The Balaban J connectivity index is 1.98. The van der Waals surface area contributed by atoms with Gasteiger partial charge >= 0.3 is 0 Å². The Morgan fingerprint density at radius 3 is 2.20 bits per heavy atom. The molecule has 0 radical (unpaired) electrons. The van der Waals surface area contributed by atoms with E-state index in [9.17, 15) is 14.4 Å². The molecule has 20 heavy (non-hydrogen) atoms. The molecule has 1 fully saturated rings. The minimum Gasteiger partial charge on any atom is -0.339 e. The number of hydrogen-bond donors (Lipinski definition) is 0. The van der Waals surface area contributed by atoms with Crippen molar-refractivity contribution in [3.63, 3.8) is 0 Å². The van der Waals surface area contributed by atoms with E-state index in [1.54, 1.807) is 29.2 Å². The number of nitrogens with zero attached hydrogens (tertiary/aromatic N) is 2. The maximum Gasteiger partial charge on any atom is 0.258 e. The average molecular weight is 270 g/mol. The molecule has 2 aliphatic rings. The molecule has 1 saturated heterocycles. The van der Waals surface area contributed by atoms with Crippen molar-refractivity contribution in [3.05, 3.63) is 42.0 Å². The van der Waals surface area contributed by atoms with Crippen LogP contribution in [0.3, 0.4) is 0 Å². The van der Waals surface area contributed by atoms with Gasteiger partial charge in [-0.1, -0.05) is 12.1 Å². The largest absolute Gasteiger partial charge is 0.339 e. The zero-order valence-corrected chi connectivity index (χ0v) is 10.9. The Labute approximate surface area is 116 Å². The van der Waals surface area contributed by atoms with Gasteiger partial charge in [0.05, 0.1) is 11.3 Å². The summed E-state index contributed by atoms with van der Waals surface area (Å²) in [7, 11) is 0. The first kappa shape index (κ1) is 12.6. The maximum atomic E-state index is 12.5. The van der Waals surface area contributed by atoms with E-state index in [4.69, 9.17) is 0 Å². The number of carbonyl (C=O) groups is 3. The van der Waals surface area contributed by atoms with E-state index in [1.807, 2.05) is 0 Å². The van der Waals surface area contributed by atoms with E-state index in [1.165, 1.54) is 12.2 Å². The molecule has 5 heteroatoms. The third-order valence-electron chi connectivity index (χ3n) is 3.58. The third-order valence-corrected chi connectivity index (χ3v) is 3.58. The fraction of sp³-hybridized carbons (Fsp3) is 0.267. The van der Waals surface area contributed by atoms with Gasteiger partial charge in [-0.15, -0.1) is 0 Å². The zero-order chi connectivity index (χ0) is 14.1. The lowest BCUT2D eigenvalue weighted by Gasteiger charge is -2.21. The van der Waals surface area contributed by atoms with Gasteiger partial charge < -0.3 is 4.90 Å². The van der Waals surface area contributed by atoms with Crippen LogP contribution in [0, 0.1) is 0 Å². The normalized spacial score (nSPS) is 18.2. The summed E-state index contributed by atoms with van der Waals surface area (Å²) >= 11 is 0. The highest BCUT2D eigenvalue weighted by Gasteiger charge is 2.30. The lowest BCUT2D eigenvalue weighted by molar-refractivity contribution is -0.119. The van der Waals surface area contributed by atoms with Crippen LogP contribution < -0.4 is 4.90 Å². The lowest BCUT2D eigenvalue weighted by atomic mass is 10.1. The van der Waals surface area contributed by atoms with Gasteiger partial charge in [0.1, 0.15) is 0 Å². The third kappa shape index (κ3) is 2.01. The van der Waals surface area contributed by atoms with Crippen LogP contribution in [0.5, 0.6) is 0 Å². The van der Waals surface area contributed by atoms with Crippen LogP contribution in [-0.2, 0) is 9.59 Å². The minimum absolute atomic E-state index is 0.120. The summed E-state index contributed by atoms with van der Waals surface area (Å²) in [5.74, 6) is -0.932. The van der Waals surface area contributed by atoms with E-state index < -0.39 is 11.8 Å². The number of benzene rings is 1. The Hall–Kier alpha value is -2.43. The Bertz CT molecular complexity index is 597. The van der Waals surface area contributed by atoms with E-state index >= 15 is 0 Å². The quantitative estimate of drug-likeness (QED) is 0.762. The number of imide groups is 1. The highest BCUT2D eigenvalue weighted by Crippen LogP contribution is 2.26. The molecular weight excluding hydrogens is 256 g/mol. The summed E-state index contributed by atoms with van der Waals surface area (Å²) < 4.78 is 0. The fourth-order valence-electron chi connectivity index (χ4n) is 2.58. The molecule has 0 spiro atoms. The predicted molar refractivity (Wildman–Crippen MR) is 73.2 cm³/mol. The first-order valence-corrected chi connectivity index (χ1v) is 6.63. The molecule has 0 N–H and O–H groups in total. The molecule has 3 amide bonds. The molecule has 3 rings (SSSR count). The predicted octanol–water partition coefficient (Wildman–Crippen LogP) is 1.35. The monoisotopic (exact) mass is 270 g/mol. The van der Waals surface area contributed by atoms with Gasteiger partial charge in [0.25, 0.3) is 17.7 Å². The highest BCUT2D eigenvalue weighted by atomic mass is 16.2. The number of carbonyl (C=O) groups excluding carboxylic acids is 3. The zero-order valence-electron chi connectivity index (χ0n) is 10.9. The van der Waals surface area contributed by atoms with Crippen LogP contribution in [-0.4, -0.2) is 35.7 Å². The maximum absolute atomic E-state index is 12.5. The molecule has 102 valence electrons. The summed E-state index contributed by atoms with van der Waals surface area (Å²) in [5, 5.41) is 0. The van der Waals surface area contributed by atoms with Crippen molar-refractivity contribution in [1.82, 2.24) is 4.90 Å². The van der Waals surface area contributed by atoms with E-state index in [2.05, 4.69) is 0 Å². The number of anilines is 1. The number of amides is 3. The van der Waals surface area contributed by atoms with E-state index in [0.717, 1.165) is 30.8 Å². The van der Waals surface area contributed by atoms with Crippen molar-refractivity contribution in [2.45, 2.75) is 12.8 Å². The SMILES string of the molecule is O=C(c1ccccc1N1C(=O)C=CC1=O)N1CCCC1. The molecule has 0 unspecified atom stereocenters. The van der Waals surface area contributed by atoms with Gasteiger partial charge in [-0.25, -0.2) is 4.90 Å². The van der Waals surface area contributed by atoms with Gasteiger partial charge in [0.2, 0.25) is 0 Å². The second kappa shape index (κ2) is 4.92. The topological polar surface area (TPSA) is 57.7 Å². The standard InChI is InChI=1S/C15H14N2O3/c18-13-7-8-14(19)17(13)12-6-2-1-5-11(12)15(20)16-9-3-4-10-16/h1-2,5-8H,3-4,9-10H2. The van der Waals surface area contributed by atoms with Crippen LogP contribution in [0.15, 0.2) is 36.4 Å². The lowest BCUT2D eigenvalue weighted by Crippen LogP contribution is -2.34. The number of para-hydroxylation sites is 1. The van der Waals surface area contributed by atoms with E-state index in [-0.39, 0.29) is 5.91 Å². The van der Waals surface area contributed by atoms with Gasteiger partial charge in [-0.3, -0.25) is 14.4 Å². The summed E-state index contributed by atoms with van der Waals surface area (Å²) in [6.07, 6.45) is 4.44. The van der Waals surface area contributed by atoms with Crippen LogP contribution in [0.4, 0.5) is 5.69 Å². The summed E-state index contributed by atoms with van der Waals surface area (Å²) in [4.78, 5) is 38.8. The van der Waals surface area contributed by atoms with Crippen molar-refractivity contribution in [2.75, 3.05) is 18.0 Å². The van der Waals surface area contributed by atoms with Gasteiger partial charge in [-0.05, 0) is 25.0 Å². The molecule has 2 aliphatic heterocycles. The van der Waals surface area contributed by atoms with Crippen LogP contribution in [0.1, 0.15) is 23.2 Å². The van der Waals surface area contributed by atoms with Crippen LogP contribution in [0.25, 0.3) is 0 Å². The summed E-state index contributed by atoms with van der Waals surface area (Å²) in [6.45, 7) is 1.46. The van der Waals surface area contributed by atoms with Crippen molar-refractivity contribution < 1.29 is 14.4 Å². The van der Waals surface area contributed by atoms with Gasteiger partial charge in [0.15, 0.2) is 0 Å². The molecule has 0 saturated carbocycles. The second-order valence-electron chi connectivity index (χ2n) is 4.86. The van der Waals surface area contributed by atoms with Crippen LogP contribution in [0.2, 0.25) is 0 Å². The Kier molecular flexibility index (Phi) is 3.10. The molecule has 1 aromatic carbocycles. The molecule has 2 heterocycles. The molecule has 0 bridgehead atoms. The molecule has 0 aliphatic carbocycles. The molecule has 0 aromatic heterocycles. The molecule has 1 aromatic rings. The Morgan fingerprint density at radius 1 is 0.950 bits per heavy atom.